The maximum absolute atomic E-state index is 14.3. The number of nitrogens with one attached hydrogen (secondary N) is 2. The third-order valence-corrected chi connectivity index (χ3v) is 15.2. The Morgan fingerprint density at radius 2 is 1.66 bits per heavy atom. The quantitative estimate of drug-likeness (QED) is 0.0515. The van der Waals surface area contributed by atoms with Gasteiger partial charge >= 0.3 is 0 Å². The van der Waals surface area contributed by atoms with Crippen molar-refractivity contribution in [2.75, 3.05) is 26.2 Å². The number of rotatable bonds is 16. The molecule has 5 fully saturated rings. The summed E-state index contributed by atoms with van der Waals surface area (Å²) >= 11 is 0. The molecule has 1 unspecified atom stereocenters. The predicted molar refractivity (Wildman–Crippen MR) is 243 cm³/mol. The van der Waals surface area contributed by atoms with Crippen LogP contribution in [0.4, 0.5) is 13.2 Å². The highest BCUT2D eigenvalue weighted by molar-refractivity contribution is 6.05. The first-order chi connectivity index (χ1) is 33.9. The summed E-state index contributed by atoms with van der Waals surface area (Å²) in [6, 6.07) is 17.1. The van der Waals surface area contributed by atoms with Crippen molar-refractivity contribution < 1.29 is 51.5 Å². The fourth-order valence-electron chi connectivity index (χ4n) is 10.9. The number of phenolic OH excluding ortho intramolecular Hbond substituents is 1. The van der Waals surface area contributed by atoms with E-state index in [1.54, 1.807) is 24.3 Å². The Balaban J connectivity index is 0.620. The van der Waals surface area contributed by atoms with Crippen LogP contribution in [0.5, 0.6) is 17.4 Å². The van der Waals surface area contributed by atoms with Gasteiger partial charge < -0.3 is 29.3 Å². The molecular formula is C51H53F3N8O8. The molecule has 19 heteroatoms. The zero-order valence-corrected chi connectivity index (χ0v) is 38.5. The molecule has 2 bridgehead atoms. The van der Waals surface area contributed by atoms with Crippen LogP contribution in [0, 0.1) is 28.8 Å². The van der Waals surface area contributed by atoms with Crippen LogP contribution in [0.1, 0.15) is 120 Å². The average molecular weight is 963 g/mol. The van der Waals surface area contributed by atoms with E-state index >= 15 is 0 Å². The van der Waals surface area contributed by atoms with Crippen molar-refractivity contribution in [3.63, 3.8) is 0 Å². The molecule has 366 valence electrons. The number of aromatic hydroxyl groups is 1. The summed E-state index contributed by atoms with van der Waals surface area (Å²) < 4.78 is 59.9. The summed E-state index contributed by atoms with van der Waals surface area (Å²) in [5.74, 6) is -5.66. The monoisotopic (exact) mass is 962 g/mol. The Morgan fingerprint density at radius 1 is 0.900 bits per heavy atom. The lowest BCUT2D eigenvalue weighted by atomic mass is 9.53. The van der Waals surface area contributed by atoms with E-state index in [4.69, 9.17) is 19.0 Å². The number of phenols is 1. The summed E-state index contributed by atoms with van der Waals surface area (Å²) in [7, 11) is 0. The SMILES string of the molecule is O=C1CCC(N2Cc3c(OCc4ccc(CN5CCC(CCCOc6ccc(-c7noc(C89CCC(CNC(=O)c%10cc(F)c(O)c(F)c%10F)(CC8)CC9)n7)nn6)CC5)cc4)cccc3C2=O)C(=O)N1. The van der Waals surface area contributed by atoms with Crippen LogP contribution >= 0.6 is 0 Å². The highest BCUT2D eigenvalue weighted by atomic mass is 19.2. The summed E-state index contributed by atoms with van der Waals surface area (Å²) in [5.41, 5.74) is 2.61. The van der Waals surface area contributed by atoms with Crippen LogP contribution in [0.15, 0.2) is 65.2 Å². The number of likely N-dealkylation sites (tertiary alicyclic amines) is 1. The van der Waals surface area contributed by atoms with E-state index in [1.807, 2.05) is 6.07 Å². The Bertz CT molecular complexity index is 2780. The van der Waals surface area contributed by atoms with Crippen LogP contribution in [-0.2, 0) is 34.7 Å². The lowest BCUT2D eigenvalue weighted by Crippen LogP contribution is -2.52. The molecule has 3 saturated carbocycles. The van der Waals surface area contributed by atoms with Crippen molar-refractivity contribution in [3.8, 4) is 28.9 Å². The molecule has 11 rings (SSSR count). The minimum absolute atomic E-state index is 0.206. The number of carbonyl (C=O) groups excluding carboxylic acids is 4. The number of imide groups is 1. The molecule has 0 spiro atoms. The molecule has 5 aromatic rings. The maximum atomic E-state index is 14.3. The number of benzene rings is 3. The number of aromatic nitrogens is 4. The molecule has 3 aromatic carbocycles. The molecule has 3 aliphatic carbocycles. The van der Waals surface area contributed by atoms with E-state index in [0.29, 0.717) is 66.2 Å². The van der Waals surface area contributed by atoms with E-state index < -0.39 is 46.6 Å². The number of carbonyl (C=O) groups is 4. The highest BCUT2D eigenvalue weighted by Gasteiger charge is 2.52. The van der Waals surface area contributed by atoms with Gasteiger partial charge in [-0.1, -0.05) is 35.5 Å². The lowest BCUT2D eigenvalue weighted by Gasteiger charge is -2.51. The predicted octanol–water partition coefficient (Wildman–Crippen LogP) is 7.08. The molecule has 5 heterocycles. The van der Waals surface area contributed by atoms with Gasteiger partial charge in [0.2, 0.25) is 35.2 Å². The first-order valence-electron chi connectivity index (χ1n) is 24.0. The van der Waals surface area contributed by atoms with Gasteiger partial charge in [-0.15, -0.1) is 10.2 Å². The van der Waals surface area contributed by atoms with E-state index in [0.717, 1.165) is 95.0 Å². The first-order valence-corrected chi connectivity index (χ1v) is 24.0. The second-order valence-electron chi connectivity index (χ2n) is 19.5. The summed E-state index contributed by atoms with van der Waals surface area (Å²) in [6.45, 7) is 4.27. The Morgan fingerprint density at radius 3 is 2.39 bits per heavy atom. The number of ether oxygens (including phenoxy) is 2. The molecule has 6 aliphatic rings. The Kier molecular flexibility index (Phi) is 13.0. The minimum Gasteiger partial charge on any atom is -0.503 e. The van der Waals surface area contributed by atoms with Gasteiger partial charge in [-0.25, -0.2) is 8.78 Å². The molecule has 2 aromatic heterocycles. The zero-order chi connectivity index (χ0) is 48.6. The van der Waals surface area contributed by atoms with Crippen molar-refractivity contribution in [1.29, 1.82) is 0 Å². The van der Waals surface area contributed by atoms with Crippen molar-refractivity contribution in [1.82, 2.24) is 40.8 Å². The van der Waals surface area contributed by atoms with Gasteiger partial charge in [0, 0.05) is 42.1 Å². The van der Waals surface area contributed by atoms with Gasteiger partial charge in [-0.05, 0) is 130 Å². The van der Waals surface area contributed by atoms with Gasteiger partial charge in [-0.2, -0.15) is 9.37 Å². The number of amides is 4. The third kappa shape index (κ3) is 9.54. The van der Waals surface area contributed by atoms with Crippen LogP contribution in [0.2, 0.25) is 0 Å². The molecule has 1 atom stereocenters. The molecule has 4 amide bonds. The fourth-order valence-corrected chi connectivity index (χ4v) is 10.9. The summed E-state index contributed by atoms with van der Waals surface area (Å²) in [4.78, 5) is 58.7. The molecule has 3 aliphatic heterocycles. The third-order valence-electron chi connectivity index (χ3n) is 15.2. The van der Waals surface area contributed by atoms with Crippen LogP contribution in [-0.4, -0.2) is 91.2 Å². The number of nitrogens with zero attached hydrogens (tertiary/aromatic N) is 6. The summed E-state index contributed by atoms with van der Waals surface area (Å²) in [5, 5.41) is 27.1. The average Bonchev–Trinajstić information content (AvgIpc) is 4.02. The van der Waals surface area contributed by atoms with Crippen LogP contribution < -0.4 is 20.1 Å². The van der Waals surface area contributed by atoms with Gasteiger partial charge in [0.25, 0.3) is 11.8 Å². The smallest absolute Gasteiger partial charge is 0.255 e. The topological polar surface area (TPSA) is 202 Å². The van der Waals surface area contributed by atoms with E-state index in [2.05, 4.69) is 55.2 Å². The minimum atomic E-state index is -1.80. The van der Waals surface area contributed by atoms with Gasteiger partial charge in [-0.3, -0.25) is 29.4 Å². The second kappa shape index (κ2) is 19.5. The molecule has 0 radical (unpaired) electrons. The van der Waals surface area contributed by atoms with Crippen molar-refractivity contribution in [2.24, 2.45) is 11.3 Å². The number of fused-ring (bicyclic) bond motifs is 4. The van der Waals surface area contributed by atoms with Gasteiger partial charge in [0.15, 0.2) is 17.4 Å². The van der Waals surface area contributed by atoms with E-state index in [-0.39, 0.29) is 42.2 Å². The number of hydrogen-bond donors (Lipinski definition) is 3. The molecule has 3 N–H and O–H groups in total. The Hall–Kier alpha value is -6.89. The maximum Gasteiger partial charge on any atom is 0.255 e. The highest BCUT2D eigenvalue weighted by Crippen LogP contribution is 2.57. The van der Waals surface area contributed by atoms with E-state index in [1.165, 1.54) is 10.5 Å². The van der Waals surface area contributed by atoms with Crippen LogP contribution in [0.25, 0.3) is 11.5 Å². The number of hydrogen-bond acceptors (Lipinski definition) is 13. The largest absolute Gasteiger partial charge is 0.503 e. The second-order valence-corrected chi connectivity index (χ2v) is 19.5. The van der Waals surface area contributed by atoms with Crippen molar-refractivity contribution >= 4 is 23.6 Å². The number of halogens is 3. The molecule has 70 heavy (non-hydrogen) atoms. The van der Waals surface area contributed by atoms with Crippen molar-refractivity contribution in [3.05, 3.63) is 112 Å². The van der Waals surface area contributed by atoms with Crippen molar-refractivity contribution in [2.45, 2.75) is 108 Å². The molecule has 16 nitrogen and oxygen atoms in total. The number of piperidine rings is 2. The summed E-state index contributed by atoms with van der Waals surface area (Å²) in [6.07, 6.45) is 9.11. The van der Waals surface area contributed by atoms with Gasteiger partial charge in [0.1, 0.15) is 24.1 Å². The lowest BCUT2D eigenvalue weighted by molar-refractivity contribution is -0.136. The zero-order valence-electron chi connectivity index (χ0n) is 38.5. The standard InChI is InChI=1S/C51H53F3N8O8/c52-36-25-34(42(53)43(54)44(36)64)46(65)55-29-50-16-19-51(20-17-50,21-18-50)49-57-45(60-70-49)37-10-13-41(59-58-37)68-24-2-3-30-14-22-61(23-15-30)26-31-6-8-32(9-7-31)28-69-39-5-1-4-33-35(39)27-62(48(33)67)38-11-12-40(63)56-47(38)66/h1,4-10,13,25,30,38,64H,2-3,11-12,14-24,26-29H2,(H,55,65)(H,56,63,66). The molecular weight excluding hydrogens is 910 g/mol. The molecule has 2 saturated heterocycles. The van der Waals surface area contributed by atoms with Crippen LogP contribution in [0.3, 0.4) is 0 Å². The van der Waals surface area contributed by atoms with E-state index in [9.17, 15) is 37.5 Å². The normalized spacial score (nSPS) is 22.5. The van der Waals surface area contributed by atoms with Gasteiger partial charge in [0.05, 0.1) is 18.7 Å². The Labute approximate surface area is 401 Å². The fraction of sp³-hybridized carbons (Fsp3) is 0.451. The first kappa shape index (κ1) is 46.8.